The van der Waals surface area contributed by atoms with Crippen LogP contribution in [0.1, 0.15) is 40.0 Å². The van der Waals surface area contributed by atoms with E-state index < -0.39 is 0 Å². The lowest BCUT2D eigenvalue weighted by Gasteiger charge is -2.26. The van der Waals surface area contributed by atoms with Crippen LogP contribution in [0.4, 0.5) is 0 Å². The number of halogens is 1. The van der Waals surface area contributed by atoms with Crippen molar-refractivity contribution in [3.63, 3.8) is 0 Å². The number of nitrogens with zero attached hydrogens (tertiary/aromatic N) is 1. The summed E-state index contributed by atoms with van der Waals surface area (Å²) in [6, 6.07) is 0.233. The maximum atomic E-state index is 12.0. The van der Waals surface area contributed by atoms with E-state index in [1.54, 1.807) is 0 Å². The first-order valence-corrected chi connectivity index (χ1v) is 6.83. The minimum atomic E-state index is -0.216. The number of carbonyl (C=O) groups excluding carboxylic acids is 2. The minimum Gasteiger partial charge on any atom is -0.352 e. The Kier molecular flexibility index (Phi) is 8.02. The zero-order valence-electron chi connectivity index (χ0n) is 12.0. The summed E-state index contributed by atoms with van der Waals surface area (Å²) < 4.78 is 0. The lowest BCUT2D eigenvalue weighted by atomic mass is 10.1. The van der Waals surface area contributed by atoms with E-state index in [0.717, 1.165) is 12.8 Å². The highest BCUT2D eigenvalue weighted by atomic mass is 35.5. The van der Waals surface area contributed by atoms with E-state index in [2.05, 4.69) is 19.2 Å². The van der Waals surface area contributed by atoms with Crippen molar-refractivity contribution in [2.45, 2.75) is 52.1 Å². The van der Waals surface area contributed by atoms with Crippen molar-refractivity contribution in [1.29, 1.82) is 0 Å². The lowest BCUT2D eigenvalue weighted by Crippen LogP contribution is -2.42. The quantitative estimate of drug-likeness (QED) is 0.764. The zero-order valence-corrected chi connectivity index (χ0v) is 12.8. The number of rotatable bonds is 6. The Morgan fingerprint density at radius 1 is 1.47 bits per heavy atom. The molecule has 1 aliphatic rings. The second-order valence-electron chi connectivity index (χ2n) is 5.06. The Bertz CT molecular complexity index is 308. The van der Waals surface area contributed by atoms with Crippen LogP contribution in [0.2, 0.25) is 0 Å². The van der Waals surface area contributed by atoms with Gasteiger partial charge >= 0.3 is 0 Å². The molecule has 0 aromatic carbocycles. The van der Waals surface area contributed by atoms with Gasteiger partial charge in [-0.2, -0.15) is 0 Å². The average Bonchev–Trinajstić information content (AvgIpc) is 2.73. The van der Waals surface area contributed by atoms with Gasteiger partial charge in [0.15, 0.2) is 0 Å². The Morgan fingerprint density at radius 3 is 2.53 bits per heavy atom. The van der Waals surface area contributed by atoms with E-state index in [1.807, 2.05) is 11.8 Å². The summed E-state index contributed by atoms with van der Waals surface area (Å²) in [6.07, 6.45) is 2.21. The first-order valence-electron chi connectivity index (χ1n) is 6.83. The highest BCUT2D eigenvalue weighted by Gasteiger charge is 2.36. The predicted octanol–water partition coefficient (Wildman–Crippen LogP) is 0.909. The van der Waals surface area contributed by atoms with E-state index >= 15 is 0 Å². The molecule has 1 rings (SSSR count). The van der Waals surface area contributed by atoms with Gasteiger partial charge in [-0.1, -0.05) is 13.8 Å². The van der Waals surface area contributed by atoms with Crippen molar-refractivity contribution in [2.24, 2.45) is 11.7 Å². The third kappa shape index (κ3) is 4.66. The minimum absolute atomic E-state index is 0. The monoisotopic (exact) mass is 291 g/mol. The normalized spacial score (nSPS) is 20.4. The molecule has 1 unspecified atom stereocenters. The summed E-state index contributed by atoms with van der Waals surface area (Å²) in [5, 5.41) is 2.84. The summed E-state index contributed by atoms with van der Waals surface area (Å²) in [6.45, 7) is 6.99. The second kappa shape index (κ2) is 8.38. The highest BCUT2D eigenvalue weighted by Crippen LogP contribution is 2.23. The summed E-state index contributed by atoms with van der Waals surface area (Å²) in [5.74, 6) is -0.161. The number of hydrogen-bond donors (Lipinski definition) is 2. The molecule has 1 aliphatic heterocycles. The molecule has 2 atom stereocenters. The summed E-state index contributed by atoms with van der Waals surface area (Å²) >= 11 is 0. The average molecular weight is 292 g/mol. The van der Waals surface area contributed by atoms with Crippen molar-refractivity contribution >= 4 is 24.2 Å². The first-order chi connectivity index (χ1) is 8.53. The molecule has 0 aliphatic carbocycles. The molecular formula is C13H26ClN3O2. The third-order valence-electron chi connectivity index (χ3n) is 3.65. The molecule has 0 radical (unpaired) electrons. The molecule has 2 amide bonds. The molecule has 0 spiro atoms. The molecule has 0 aromatic rings. The Hall–Kier alpha value is -0.810. The van der Waals surface area contributed by atoms with Crippen LogP contribution in [-0.2, 0) is 9.59 Å². The molecule has 1 fully saturated rings. The van der Waals surface area contributed by atoms with E-state index in [9.17, 15) is 9.59 Å². The van der Waals surface area contributed by atoms with E-state index in [-0.39, 0.29) is 42.2 Å². The van der Waals surface area contributed by atoms with E-state index in [4.69, 9.17) is 5.73 Å². The van der Waals surface area contributed by atoms with Crippen molar-refractivity contribution in [2.75, 3.05) is 13.1 Å². The molecule has 1 heterocycles. The topological polar surface area (TPSA) is 75.4 Å². The Balaban J connectivity index is 0.00000324. The van der Waals surface area contributed by atoms with Gasteiger partial charge in [0.25, 0.3) is 0 Å². The molecule has 6 heteroatoms. The smallest absolute Gasteiger partial charge is 0.225 e. The molecule has 1 saturated heterocycles. The van der Waals surface area contributed by atoms with E-state index in [0.29, 0.717) is 19.5 Å². The van der Waals surface area contributed by atoms with E-state index in [1.165, 1.54) is 0 Å². The molecule has 0 bridgehead atoms. The number of amides is 2. The zero-order chi connectivity index (χ0) is 13.7. The molecule has 5 nitrogen and oxygen atoms in total. The number of nitrogens with two attached hydrogens (primary N) is 1. The highest BCUT2D eigenvalue weighted by molar-refractivity contribution is 5.89. The first kappa shape index (κ1) is 18.2. The van der Waals surface area contributed by atoms with Crippen LogP contribution in [0, 0.1) is 5.92 Å². The third-order valence-corrected chi connectivity index (χ3v) is 3.65. The van der Waals surface area contributed by atoms with Gasteiger partial charge in [0.05, 0.1) is 5.92 Å². The van der Waals surface area contributed by atoms with Crippen LogP contribution in [0.3, 0.4) is 0 Å². The van der Waals surface area contributed by atoms with Gasteiger partial charge in [0, 0.05) is 31.6 Å². The fourth-order valence-corrected chi connectivity index (χ4v) is 2.41. The Morgan fingerprint density at radius 2 is 2.05 bits per heavy atom. The van der Waals surface area contributed by atoms with Gasteiger partial charge in [-0.05, 0) is 19.8 Å². The molecule has 19 heavy (non-hydrogen) atoms. The molecule has 0 aromatic heterocycles. The van der Waals surface area contributed by atoms with Crippen LogP contribution in [0.25, 0.3) is 0 Å². The van der Waals surface area contributed by atoms with Gasteiger partial charge in [0.2, 0.25) is 11.8 Å². The second-order valence-corrected chi connectivity index (χ2v) is 5.06. The molecule has 112 valence electrons. The maximum Gasteiger partial charge on any atom is 0.225 e. The van der Waals surface area contributed by atoms with Crippen LogP contribution in [-0.4, -0.2) is 41.9 Å². The summed E-state index contributed by atoms with van der Waals surface area (Å²) in [7, 11) is 0. The van der Waals surface area contributed by atoms with Crippen LogP contribution < -0.4 is 11.1 Å². The number of carbonyl (C=O) groups is 2. The van der Waals surface area contributed by atoms with Gasteiger partial charge in [0.1, 0.15) is 0 Å². The van der Waals surface area contributed by atoms with Gasteiger partial charge in [-0.3, -0.25) is 9.59 Å². The molecule has 3 N–H and O–H groups in total. The van der Waals surface area contributed by atoms with Crippen molar-refractivity contribution in [1.82, 2.24) is 10.2 Å². The number of hydrogen-bond acceptors (Lipinski definition) is 3. The summed E-state index contributed by atoms with van der Waals surface area (Å²) in [5.41, 5.74) is 5.47. The van der Waals surface area contributed by atoms with Crippen LogP contribution >= 0.6 is 12.4 Å². The predicted molar refractivity (Wildman–Crippen MR) is 78.1 cm³/mol. The van der Waals surface area contributed by atoms with Gasteiger partial charge in [-0.25, -0.2) is 0 Å². The van der Waals surface area contributed by atoms with Crippen molar-refractivity contribution in [3.8, 4) is 0 Å². The molecule has 0 saturated carbocycles. The SMILES string of the molecule is CCC(CC)N1CC(C(=O)N[C@@H](C)CN)CC1=O.Cl. The largest absolute Gasteiger partial charge is 0.352 e. The van der Waals surface area contributed by atoms with Gasteiger partial charge in [-0.15, -0.1) is 12.4 Å². The van der Waals surface area contributed by atoms with Crippen molar-refractivity contribution in [3.05, 3.63) is 0 Å². The lowest BCUT2D eigenvalue weighted by molar-refractivity contribution is -0.130. The van der Waals surface area contributed by atoms with Crippen molar-refractivity contribution < 1.29 is 9.59 Å². The number of likely N-dealkylation sites (tertiary alicyclic amines) is 1. The Labute approximate surface area is 121 Å². The standard InChI is InChI=1S/C13H25N3O2.ClH/c1-4-11(5-2)16-8-10(6-12(16)17)13(18)15-9(3)7-14;/h9-11H,4-8,14H2,1-3H3,(H,15,18);1H/t9-,10?;/m0./s1. The summed E-state index contributed by atoms with van der Waals surface area (Å²) in [4.78, 5) is 25.7. The maximum absolute atomic E-state index is 12.0. The molecular weight excluding hydrogens is 266 g/mol. The van der Waals surface area contributed by atoms with Crippen LogP contribution in [0.5, 0.6) is 0 Å². The number of nitrogens with one attached hydrogen (secondary N) is 1. The van der Waals surface area contributed by atoms with Gasteiger partial charge < -0.3 is 16.0 Å². The van der Waals surface area contributed by atoms with Crippen LogP contribution in [0.15, 0.2) is 0 Å². The fraction of sp³-hybridized carbons (Fsp3) is 0.846. The fourth-order valence-electron chi connectivity index (χ4n) is 2.41.